The summed E-state index contributed by atoms with van der Waals surface area (Å²) in [5, 5.41) is 2.64. The van der Waals surface area contributed by atoms with Crippen molar-refractivity contribution in [2.75, 3.05) is 24.3 Å². The van der Waals surface area contributed by atoms with E-state index in [-0.39, 0.29) is 19.0 Å². The standard InChI is InChI=1S/C18H22N4O5/c1-11(2)12-3-5-13(6-4-12)20-18(24)26-10-16-25-9-15(27-16)22-8-7-14(19)21-17(22)23/h3-8,11,15-16H,9-10H2,1-2H3,(H,20,24)(H2,19,21,23). The molecule has 144 valence electrons. The second-order valence-corrected chi connectivity index (χ2v) is 6.40. The number of ether oxygens (including phenoxy) is 3. The maximum absolute atomic E-state index is 11.9. The molecule has 27 heavy (non-hydrogen) atoms. The van der Waals surface area contributed by atoms with Crippen LogP contribution >= 0.6 is 0 Å². The number of carbonyl (C=O) groups is 1. The molecule has 0 spiro atoms. The molecule has 2 heterocycles. The van der Waals surface area contributed by atoms with Gasteiger partial charge >= 0.3 is 11.8 Å². The average Bonchev–Trinajstić information content (AvgIpc) is 3.09. The molecule has 9 nitrogen and oxygen atoms in total. The van der Waals surface area contributed by atoms with Gasteiger partial charge in [-0.2, -0.15) is 4.98 Å². The van der Waals surface area contributed by atoms with Gasteiger partial charge in [0.1, 0.15) is 12.4 Å². The highest BCUT2D eigenvalue weighted by atomic mass is 16.7. The maximum atomic E-state index is 11.9. The lowest BCUT2D eigenvalue weighted by molar-refractivity contribution is -0.0998. The van der Waals surface area contributed by atoms with Gasteiger partial charge in [-0.1, -0.05) is 26.0 Å². The van der Waals surface area contributed by atoms with Gasteiger partial charge in [-0.05, 0) is 29.7 Å². The van der Waals surface area contributed by atoms with Crippen LogP contribution in [-0.2, 0) is 14.2 Å². The Morgan fingerprint density at radius 3 is 2.78 bits per heavy atom. The number of nitrogens with zero attached hydrogens (tertiary/aromatic N) is 2. The molecule has 0 saturated carbocycles. The average molecular weight is 374 g/mol. The maximum Gasteiger partial charge on any atom is 0.411 e. The zero-order chi connectivity index (χ0) is 19.4. The molecule has 3 N–H and O–H groups in total. The van der Waals surface area contributed by atoms with E-state index in [1.54, 1.807) is 0 Å². The molecule has 1 aliphatic heterocycles. The van der Waals surface area contributed by atoms with Gasteiger partial charge in [0, 0.05) is 11.9 Å². The molecule has 1 aliphatic rings. The molecule has 1 aromatic heterocycles. The first-order chi connectivity index (χ1) is 12.9. The molecule has 3 rings (SSSR count). The Morgan fingerprint density at radius 2 is 2.11 bits per heavy atom. The van der Waals surface area contributed by atoms with Crippen LogP contribution in [0.25, 0.3) is 0 Å². The zero-order valence-electron chi connectivity index (χ0n) is 15.1. The van der Waals surface area contributed by atoms with Gasteiger partial charge in [0.25, 0.3) is 0 Å². The fraction of sp³-hybridized carbons (Fsp3) is 0.389. The van der Waals surface area contributed by atoms with Crippen LogP contribution in [0, 0.1) is 0 Å². The third-order valence-electron chi connectivity index (χ3n) is 4.07. The van der Waals surface area contributed by atoms with Gasteiger partial charge in [-0.3, -0.25) is 9.88 Å². The molecule has 1 aromatic carbocycles. The first-order valence-electron chi connectivity index (χ1n) is 8.58. The van der Waals surface area contributed by atoms with Crippen molar-refractivity contribution in [3.8, 4) is 0 Å². The van der Waals surface area contributed by atoms with Crippen LogP contribution in [0.3, 0.4) is 0 Å². The highest BCUT2D eigenvalue weighted by Gasteiger charge is 2.29. The first-order valence-corrected chi connectivity index (χ1v) is 8.58. The summed E-state index contributed by atoms with van der Waals surface area (Å²) >= 11 is 0. The number of nitrogen functional groups attached to an aromatic ring is 1. The van der Waals surface area contributed by atoms with Gasteiger partial charge in [0.05, 0.1) is 6.61 Å². The Labute approximate surface area is 156 Å². The number of amides is 1. The van der Waals surface area contributed by atoms with Gasteiger partial charge in [-0.15, -0.1) is 0 Å². The largest absolute Gasteiger partial charge is 0.444 e. The normalized spacial score (nSPS) is 19.2. The second-order valence-electron chi connectivity index (χ2n) is 6.40. The Balaban J connectivity index is 1.47. The van der Waals surface area contributed by atoms with E-state index < -0.39 is 24.3 Å². The highest BCUT2D eigenvalue weighted by Crippen LogP contribution is 2.20. The number of aromatic nitrogens is 2. The van der Waals surface area contributed by atoms with E-state index in [4.69, 9.17) is 19.9 Å². The first kappa shape index (κ1) is 18.9. The summed E-state index contributed by atoms with van der Waals surface area (Å²) in [4.78, 5) is 27.4. The zero-order valence-corrected chi connectivity index (χ0v) is 15.1. The SMILES string of the molecule is CC(C)c1ccc(NC(=O)OCC2OCC(n3ccc(N)nc3=O)O2)cc1. The smallest absolute Gasteiger partial charge is 0.411 e. The molecule has 1 saturated heterocycles. The van der Waals surface area contributed by atoms with Gasteiger partial charge in [0.15, 0.2) is 12.5 Å². The third kappa shape index (κ3) is 4.83. The topological polar surface area (TPSA) is 118 Å². The number of nitrogens with one attached hydrogen (secondary N) is 1. The number of nitrogens with two attached hydrogens (primary N) is 1. The number of rotatable bonds is 5. The summed E-state index contributed by atoms with van der Waals surface area (Å²) in [5.41, 5.74) is 6.74. The number of hydrogen-bond donors (Lipinski definition) is 2. The monoisotopic (exact) mass is 374 g/mol. The Morgan fingerprint density at radius 1 is 1.37 bits per heavy atom. The minimum Gasteiger partial charge on any atom is -0.444 e. The predicted molar refractivity (Wildman–Crippen MR) is 98.3 cm³/mol. The van der Waals surface area contributed by atoms with Gasteiger partial charge in [-0.25, -0.2) is 9.59 Å². The van der Waals surface area contributed by atoms with E-state index in [2.05, 4.69) is 24.1 Å². The lowest BCUT2D eigenvalue weighted by Gasteiger charge is -2.14. The summed E-state index contributed by atoms with van der Waals surface area (Å²) in [5.74, 6) is 0.549. The van der Waals surface area contributed by atoms with Crippen LogP contribution in [-0.4, -0.2) is 35.1 Å². The quantitative estimate of drug-likeness (QED) is 0.822. The summed E-state index contributed by atoms with van der Waals surface area (Å²) in [7, 11) is 0. The van der Waals surface area contributed by atoms with Crippen LogP contribution in [0.2, 0.25) is 0 Å². The van der Waals surface area contributed by atoms with E-state index in [1.807, 2.05) is 24.3 Å². The van der Waals surface area contributed by atoms with Crippen molar-refractivity contribution in [1.29, 1.82) is 0 Å². The van der Waals surface area contributed by atoms with Gasteiger partial charge in [0.2, 0.25) is 0 Å². The van der Waals surface area contributed by atoms with Crippen molar-refractivity contribution in [2.24, 2.45) is 0 Å². The summed E-state index contributed by atoms with van der Waals surface area (Å²) in [6.45, 7) is 4.22. The fourth-order valence-electron chi connectivity index (χ4n) is 2.57. The minimum atomic E-state index is -0.770. The van der Waals surface area contributed by atoms with Crippen molar-refractivity contribution in [1.82, 2.24) is 9.55 Å². The highest BCUT2D eigenvalue weighted by molar-refractivity contribution is 5.84. The molecule has 0 aliphatic carbocycles. The van der Waals surface area contributed by atoms with E-state index in [0.29, 0.717) is 11.6 Å². The van der Waals surface area contributed by atoms with E-state index in [1.165, 1.54) is 22.4 Å². The minimum absolute atomic E-state index is 0.108. The van der Waals surface area contributed by atoms with Crippen LogP contribution in [0.15, 0.2) is 41.3 Å². The number of anilines is 2. The molecular weight excluding hydrogens is 352 g/mol. The van der Waals surface area contributed by atoms with E-state index in [0.717, 1.165) is 0 Å². The van der Waals surface area contributed by atoms with E-state index in [9.17, 15) is 9.59 Å². The third-order valence-corrected chi connectivity index (χ3v) is 4.07. The van der Waals surface area contributed by atoms with E-state index >= 15 is 0 Å². The molecular formula is C18H22N4O5. The van der Waals surface area contributed by atoms with Crippen LogP contribution in [0.5, 0.6) is 0 Å². The molecule has 2 atom stereocenters. The molecule has 2 aromatic rings. The molecule has 0 radical (unpaired) electrons. The number of hydrogen-bond acceptors (Lipinski definition) is 7. The Hall–Kier alpha value is -2.91. The fourth-order valence-corrected chi connectivity index (χ4v) is 2.57. The lowest BCUT2D eigenvalue weighted by atomic mass is 10.0. The molecule has 1 amide bonds. The molecule has 2 unspecified atom stereocenters. The van der Waals surface area contributed by atoms with Crippen molar-refractivity contribution in [3.05, 3.63) is 52.6 Å². The number of benzene rings is 1. The number of carbonyl (C=O) groups excluding carboxylic acids is 1. The van der Waals surface area contributed by atoms with Crippen molar-refractivity contribution >= 4 is 17.6 Å². The van der Waals surface area contributed by atoms with Gasteiger partial charge < -0.3 is 19.9 Å². The molecule has 9 heteroatoms. The Bertz CT molecular complexity index is 850. The molecule has 1 fully saturated rings. The molecule has 0 bridgehead atoms. The summed E-state index contributed by atoms with van der Waals surface area (Å²) in [6.07, 6.45) is -0.552. The second kappa shape index (κ2) is 8.19. The van der Waals surface area contributed by atoms with Crippen molar-refractivity contribution in [2.45, 2.75) is 32.3 Å². The Kier molecular flexibility index (Phi) is 5.72. The summed E-state index contributed by atoms with van der Waals surface area (Å²) in [6, 6.07) is 9.02. The van der Waals surface area contributed by atoms with Crippen molar-refractivity contribution < 1.29 is 19.0 Å². The van der Waals surface area contributed by atoms with Crippen molar-refractivity contribution in [3.63, 3.8) is 0 Å². The van der Waals surface area contributed by atoms with Crippen LogP contribution < -0.4 is 16.7 Å². The van der Waals surface area contributed by atoms with Crippen LogP contribution in [0.1, 0.15) is 31.6 Å². The predicted octanol–water partition coefficient (Wildman–Crippen LogP) is 2.07. The van der Waals surface area contributed by atoms with Crippen LogP contribution in [0.4, 0.5) is 16.3 Å². The lowest BCUT2D eigenvalue weighted by Crippen LogP contribution is -2.29. The summed E-state index contributed by atoms with van der Waals surface area (Å²) < 4.78 is 17.4.